The number of hydrogen-bond donors (Lipinski definition) is 1. The summed E-state index contributed by atoms with van der Waals surface area (Å²) in [6, 6.07) is 0. The summed E-state index contributed by atoms with van der Waals surface area (Å²) in [5.41, 5.74) is 0. The van der Waals surface area contributed by atoms with Crippen molar-refractivity contribution in [3.63, 3.8) is 0 Å². The highest BCUT2D eigenvalue weighted by atomic mass is 16.5. The van der Waals surface area contributed by atoms with Crippen molar-refractivity contribution in [2.24, 2.45) is 0 Å². The summed E-state index contributed by atoms with van der Waals surface area (Å²) in [6.07, 6.45) is 2.11. The van der Waals surface area contributed by atoms with E-state index in [0.29, 0.717) is 6.42 Å². The molecule has 0 aromatic carbocycles. The molecule has 0 aromatic heterocycles. The van der Waals surface area contributed by atoms with Crippen molar-refractivity contribution in [3.8, 4) is 0 Å². The zero-order valence-corrected chi connectivity index (χ0v) is 8.75. The fourth-order valence-corrected chi connectivity index (χ4v) is 1.36. The zero-order chi connectivity index (χ0) is 10.3. The van der Waals surface area contributed by atoms with Crippen LogP contribution in [0.2, 0.25) is 0 Å². The van der Waals surface area contributed by atoms with Crippen LogP contribution in [0.25, 0.3) is 0 Å². The zero-order valence-electron chi connectivity index (χ0n) is 8.75. The molecular formula is C10H20O3. The van der Waals surface area contributed by atoms with Crippen molar-refractivity contribution in [2.45, 2.75) is 58.7 Å². The van der Waals surface area contributed by atoms with Gasteiger partial charge in [0.15, 0.2) is 0 Å². The van der Waals surface area contributed by atoms with Gasteiger partial charge >= 0.3 is 5.97 Å². The van der Waals surface area contributed by atoms with Crippen LogP contribution in [0.4, 0.5) is 0 Å². The first-order chi connectivity index (χ1) is 6.22. The van der Waals surface area contributed by atoms with Crippen LogP contribution in [0, 0.1) is 0 Å². The largest absolute Gasteiger partial charge is 0.462 e. The van der Waals surface area contributed by atoms with Gasteiger partial charge in [0.25, 0.3) is 0 Å². The average Bonchev–Trinajstić information content (AvgIpc) is 2.06. The lowest BCUT2D eigenvalue weighted by Gasteiger charge is -2.25. The monoisotopic (exact) mass is 188 g/mol. The first kappa shape index (κ1) is 12.4. The molecule has 2 atom stereocenters. The van der Waals surface area contributed by atoms with E-state index < -0.39 is 6.10 Å². The summed E-state index contributed by atoms with van der Waals surface area (Å²) in [6.45, 7) is 6.04. The van der Waals surface area contributed by atoms with Gasteiger partial charge in [0.2, 0.25) is 0 Å². The topological polar surface area (TPSA) is 46.5 Å². The van der Waals surface area contributed by atoms with Crippen molar-refractivity contribution >= 4 is 5.97 Å². The minimum absolute atomic E-state index is 0.0451. The van der Waals surface area contributed by atoms with E-state index >= 15 is 0 Å². The lowest BCUT2D eigenvalue weighted by molar-refractivity contribution is -0.160. The van der Waals surface area contributed by atoms with E-state index in [1.807, 2.05) is 20.8 Å². The molecule has 1 aliphatic heterocycles. The van der Waals surface area contributed by atoms with Crippen LogP contribution < -0.4 is 0 Å². The number of aliphatic hydroxyl groups excluding tert-OH is 1. The van der Waals surface area contributed by atoms with Crippen LogP contribution in [-0.2, 0) is 9.53 Å². The van der Waals surface area contributed by atoms with Gasteiger partial charge in [-0.2, -0.15) is 0 Å². The summed E-state index contributed by atoms with van der Waals surface area (Å²) in [5.74, 6) is -0.262. The fourth-order valence-electron chi connectivity index (χ4n) is 1.36. The summed E-state index contributed by atoms with van der Waals surface area (Å²) in [7, 11) is 0. The lowest BCUT2D eigenvalue weighted by atomic mass is 10.0. The Labute approximate surface area is 80.1 Å². The molecule has 0 amide bonds. The maximum Gasteiger partial charge on any atom is 0.308 e. The van der Waals surface area contributed by atoms with Gasteiger partial charge in [-0.15, -0.1) is 0 Å². The summed E-state index contributed by atoms with van der Waals surface area (Å²) >= 11 is 0. The Morgan fingerprint density at radius 3 is 2.62 bits per heavy atom. The van der Waals surface area contributed by atoms with Crippen LogP contribution in [-0.4, -0.2) is 23.3 Å². The third kappa shape index (κ3) is 4.88. The molecule has 3 nitrogen and oxygen atoms in total. The molecule has 1 saturated heterocycles. The van der Waals surface area contributed by atoms with Crippen molar-refractivity contribution in [2.75, 3.05) is 0 Å². The minimum atomic E-state index is -0.479. The number of carbonyl (C=O) groups is 1. The highest BCUT2D eigenvalue weighted by Crippen LogP contribution is 2.18. The van der Waals surface area contributed by atoms with Crippen molar-refractivity contribution in [1.82, 2.24) is 0 Å². The lowest BCUT2D eigenvalue weighted by Crippen LogP contribution is -2.32. The molecule has 0 aliphatic carbocycles. The third-order valence-corrected chi connectivity index (χ3v) is 1.85. The van der Waals surface area contributed by atoms with E-state index in [1.54, 1.807) is 0 Å². The van der Waals surface area contributed by atoms with E-state index in [4.69, 9.17) is 4.74 Å². The van der Waals surface area contributed by atoms with Crippen LogP contribution in [0.1, 0.15) is 46.5 Å². The van der Waals surface area contributed by atoms with Crippen molar-refractivity contribution in [3.05, 3.63) is 0 Å². The predicted octanol–water partition coefficient (Wildman–Crippen LogP) is 1.88. The van der Waals surface area contributed by atoms with E-state index in [1.165, 1.54) is 0 Å². The summed E-state index contributed by atoms with van der Waals surface area (Å²) in [5, 5.41) is 9.18. The molecular weight excluding hydrogens is 168 g/mol. The van der Waals surface area contributed by atoms with E-state index in [-0.39, 0.29) is 18.5 Å². The van der Waals surface area contributed by atoms with Gasteiger partial charge in [-0.25, -0.2) is 0 Å². The second-order valence-electron chi connectivity index (χ2n) is 2.99. The Morgan fingerprint density at radius 2 is 2.15 bits per heavy atom. The molecule has 0 bridgehead atoms. The maximum atomic E-state index is 10.8. The average molecular weight is 188 g/mol. The molecule has 1 fully saturated rings. The number of rotatable bonds is 2. The predicted molar refractivity (Wildman–Crippen MR) is 51.4 cm³/mol. The number of esters is 1. The Kier molecular flexibility index (Phi) is 6.59. The van der Waals surface area contributed by atoms with Gasteiger partial charge in [0.1, 0.15) is 6.10 Å². The molecule has 1 aliphatic rings. The molecule has 1 N–H and O–H groups in total. The Hall–Kier alpha value is -0.570. The first-order valence-electron chi connectivity index (χ1n) is 5.10. The van der Waals surface area contributed by atoms with Crippen molar-refractivity contribution < 1.29 is 14.6 Å². The quantitative estimate of drug-likeness (QED) is 0.673. The van der Waals surface area contributed by atoms with Gasteiger partial charge in [-0.1, -0.05) is 27.2 Å². The standard InChI is InChI=1S/C8H14O3.C2H6/c1-2-3-7-4-6(9)5-8(10)11-7;1-2/h6-7,9H,2-5H2,1H3;1-2H3. The Balaban J connectivity index is 0.000000671. The smallest absolute Gasteiger partial charge is 0.308 e. The SMILES string of the molecule is CC.CCCC1CC(O)CC(=O)O1. The van der Waals surface area contributed by atoms with Crippen LogP contribution in [0.3, 0.4) is 0 Å². The highest BCUT2D eigenvalue weighted by Gasteiger charge is 2.25. The number of ether oxygens (including phenoxy) is 1. The molecule has 2 unspecified atom stereocenters. The second kappa shape index (κ2) is 6.89. The number of cyclic esters (lactones) is 1. The maximum absolute atomic E-state index is 10.8. The fraction of sp³-hybridized carbons (Fsp3) is 0.900. The Morgan fingerprint density at radius 1 is 1.54 bits per heavy atom. The van der Waals surface area contributed by atoms with Gasteiger partial charge in [-0.3, -0.25) is 4.79 Å². The van der Waals surface area contributed by atoms with Gasteiger partial charge in [0.05, 0.1) is 12.5 Å². The second-order valence-corrected chi connectivity index (χ2v) is 2.99. The number of carbonyl (C=O) groups excluding carboxylic acids is 1. The molecule has 78 valence electrons. The summed E-state index contributed by atoms with van der Waals surface area (Å²) < 4.78 is 5.00. The Bertz CT molecular complexity index is 145. The highest BCUT2D eigenvalue weighted by molar-refractivity contribution is 5.70. The summed E-state index contributed by atoms with van der Waals surface area (Å²) in [4.78, 5) is 10.8. The molecule has 0 aromatic rings. The third-order valence-electron chi connectivity index (χ3n) is 1.85. The van der Waals surface area contributed by atoms with Crippen LogP contribution >= 0.6 is 0 Å². The van der Waals surface area contributed by atoms with E-state index in [0.717, 1.165) is 12.8 Å². The molecule has 0 saturated carbocycles. The minimum Gasteiger partial charge on any atom is -0.462 e. The first-order valence-corrected chi connectivity index (χ1v) is 5.10. The van der Waals surface area contributed by atoms with E-state index in [9.17, 15) is 9.90 Å². The molecule has 3 heteroatoms. The molecule has 0 spiro atoms. The van der Waals surface area contributed by atoms with Gasteiger partial charge < -0.3 is 9.84 Å². The molecule has 1 heterocycles. The van der Waals surface area contributed by atoms with Gasteiger partial charge in [0, 0.05) is 6.42 Å². The normalized spacial score (nSPS) is 27.2. The molecule has 1 rings (SSSR count). The molecule has 0 radical (unpaired) electrons. The van der Waals surface area contributed by atoms with Crippen LogP contribution in [0.15, 0.2) is 0 Å². The van der Waals surface area contributed by atoms with Crippen molar-refractivity contribution in [1.29, 1.82) is 0 Å². The van der Waals surface area contributed by atoms with Gasteiger partial charge in [-0.05, 0) is 6.42 Å². The van der Waals surface area contributed by atoms with Crippen LogP contribution in [0.5, 0.6) is 0 Å². The van der Waals surface area contributed by atoms with E-state index in [2.05, 4.69) is 0 Å². The number of aliphatic hydroxyl groups is 1. The number of hydrogen-bond acceptors (Lipinski definition) is 3. The molecule has 13 heavy (non-hydrogen) atoms.